The number of fused-ring (bicyclic) bond motifs is 1. The first-order valence-corrected chi connectivity index (χ1v) is 7.28. The molecule has 0 aliphatic carbocycles. The number of hydrogen-bond donors (Lipinski definition) is 2. The molecule has 4 nitrogen and oxygen atoms in total. The maximum absolute atomic E-state index is 14.2. The third-order valence-electron chi connectivity index (χ3n) is 2.56. The Morgan fingerprint density at radius 3 is 2.60 bits per heavy atom. The molecule has 0 fully saturated rings. The van der Waals surface area contributed by atoms with Gasteiger partial charge >= 0.3 is 5.97 Å². The molecule has 0 saturated heterocycles. The molecule has 20 heavy (non-hydrogen) atoms. The van der Waals surface area contributed by atoms with Crippen molar-refractivity contribution in [1.29, 1.82) is 0 Å². The smallest absolute Gasteiger partial charge is 0.340 e. The standard InChI is InChI=1S/C12H8F2O4S2/c1-2-19-11-6(13)9(16)5-8(15)4(12(17)18)3-20-10(5)7(11)14/h3,16H,2H2,1H3,(H,17,18). The van der Waals surface area contributed by atoms with E-state index in [9.17, 15) is 23.5 Å². The van der Waals surface area contributed by atoms with E-state index in [0.29, 0.717) is 17.1 Å². The lowest BCUT2D eigenvalue weighted by Gasteiger charge is -2.09. The minimum Gasteiger partial charge on any atom is -0.504 e. The second-order valence-corrected chi connectivity index (χ2v) is 5.88. The van der Waals surface area contributed by atoms with Crippen LogP contribution in [0.1, 0.15) is 17.3 Å². The van der Waals surface area contributed by atoms with Crippen LogP contribution in [0.4, 0.5) is 8.78 Å². The largest absolute Gasteiger partial charge is 0.504 e. The summed E-state index contributed by atoms with van der Waals surface area (Å²) in [5, 5.41) is 18.9. The first kappa shape index (κ1) is 14.7. The summed E-state index contributed by atoms with van der Waals surface area (Å²) in [5.74, 6) is -4.35. The Morgan fingerprint density at radius 2 is 2.05 bits per heavy atom. The molecule has 1 aromatic carbocycles. The molecule has 0 spiro atoms. The summed E-state index contributed by atoms with van der Waals surface area (Å²) in [4.78, 5) is 22.4. The Kier molecular flexibility index (Phi) is 3.96. The molecule has 1 aromatic heterocycles. The normalized spacial score (nSPS) is 10.9. The second kappa shape index (κ2) is 5.37. The molecule has 106 valence electrons. The van der Waals surface area contributed by atoms with Crippen molar-refractivity contribution in [2.75, 3.05) is 5.75 Å². The molecule has 8 heteroatoms. The van der Waals surface area contributed by atoms with E-state index in [1.165, 1.54) is 0 Å². The van der Waals surface area contributed by atoms with Crippen molar-refractivity contribution < 1.29 is 23.8 Å². The van der Waals surface area contributed by atoms with Gasteiger partial charge in [0.05, 0.1) is 15.0 Å². The van der Waals surface area contributed by atoms with Gasteiger partial charge in [-0.25, -0.2) is 13.6 Å². The van der Waals surface area contributed by atoms with Crippen molar-refractivity contribution in [1.82, 2.24) is 0 Å². The number of carbonyl (C=O) groups is 1. The van der Waals surface area contributed by atoms with Gasteiger partial charge in [-0.3, -0.25) is 4.79 Å². The third-order valence-corrected chi connectivity index (χ3v) is 4.46. The Bertz CT molecular complexity index is 770. The zero-order valence-corrected chi connectivity index (χ0v) is 11.7. The maximum atomic E-state index is 14.2. The molecule has 0 aliphatic heterocycles. The van der Waals surface area contributed by atoms with E-state index >= 15 is 0 Å². The first-order valence-electron chi connectivity index (χ1n) is 5.41. The van der Waals surface area contributed by atoms with E-state index in [0.717, 1.165) is 17.1 Å². The number of benzene rings is 1. The minimum absolute atomic E-state index is 0.255. The van der Waals surface area contributed by atoms with Gasteiger partial charge in [-0.15, -0.1) is 23.1 Å². The van der Waals surface area contributed by atoms with Gasteiger partial charge in [-0.2, -0.15) is 0 Å². The van der Waals surface area contributed by atoms with Gasteiger partial charge in [0, 0.05) is 5.38 Å². The van der Waals surface area contributed by atoms with Crippen LogP contribution < -0.4 is 5.43 Å². The van der Waals surface area contributed by atoms with Crippen molar-refractivity contribution in [2.45, 2.75) is 11.8 Å². The van der Waals surface area contributed by atoms with Gasteiger partial charge in [0.15, 0.2) is 17.4 Å². The number of phenolic OH excluding ortho intramolecular Hbond substituents is 1. The van der Waals surface area contributed by atoms with Crippen LogP contribution in [0.3, 0.4) is 0 Å². The van der Waals surface area contributed by atoms with Gasteiger partial charge in [-0.1, -0.05) is 6.92 Å². The van der Waals surface area contributed by atoms with Crippen LogP contribution in [0.25, 0.3) is 10.1 Å². The average Bonchev–Trinajstić information content (AvgIpc) is 2.40. The van der Waals surface area contributed by atoms with E-state index in [1.54, 1.807) is 6.92 Å². The van der Waals surface area contributed by atoms with Crippen LogP contribution in [-0.2, 0) is 0 Å². The van der Waals surface area contributed by atoms with Crippen molar-refractivity contribution in [2.24, 2.45) is 0 Å². The monoisotopic (exact) mass is 318 g/mol. The van der Waals surface area contributed by atoms with E-state index in [1.807, 2.05) is 0 Å². The minimum atomic E-state index is -1.51. The van der Waals surface area contributed by atoms with E-state index < -0.39 is 39.7 Å². The highest BCUT2D eigenvalue weighted by molar-refractivity contribution is 7.99. The molecule has 0 radical (unpaired) electrons. The van der Waals surface area contributed by atoms with E-state index in [2.05, 4.69) is 0 Å². The van der Waals surface area contributed by atoms with E-state index in [-0.39, 0.29) is 9.60 Å². The zero-order valence-electron chi connectivity index (χ0n) is 10.1. The van der Waals surface area contributed by atoms with Gasteiger partial charge in [0.1, 0.15) is 5.56 Å². The number of aromatic carboxylic acids is 1. The fraction of sp³-hybridized carbons (Fsp3) is 0.167. The summed E-state index contributed by atoms with van der Waals surface area (Å²) in [6.45, 7) is 1.68. The fourth-order valence-electron chi connectivity index (χ4n) is 1.68. The summed E-state index contributed by atoms with van der Waals surface area (Å²) in [6, 6.07) is 0. The SMILES string of the molecule is CCSc1c(F)c(O)c2c(=O)c(C(=O)O)csc2c1F. The number of carboxylic acid groups (broad SMARTS) is 1. The predicted molar refractivity (Wildman–Crippen MR) is 73.0 cm³/mol. The molecule has 2 aromatic rings. The molecule has 0 saturated carbocycles. The number of phenols is 1. The summed E-state index contributed by atoms with van der Waals surface area (Å²) < 4.78 is 27.8. The summed E-state index contributed by atoms with van der Waals surface area (Å²) in [5.41, 5.74) is -1.73. The van der Waals surface area contributed by atoms with Crippen LogP contribution in [-0.4, -0.2) is 21.9 Å². The average molecular weight is 318 g/mol. The van der Waals surface area contributed by atoms with Gasteiger partial charge in [0.25, 0.3) is 0 Å². The summed E-state index contributed by atoms with van der Waals surface area (Å²) >= 11 is 1.49. The molecular formula is C12H8F2O4S2. The molecule has 2 rings (SSSR count). The molecular weight excluding hydrogens is 310 g/mol. The van der Waals surface area contributed by atoms with Crippen molar-refractivity contribution in [3.63, 3.8) is 0 Å². The van der Waals surface area contributed by atoms with Crippen molar-refractivity contribution in [3.05, 3.63) is 32.8 Å². The lowest BCUT2D eigenvalue weighted by molar-refractivity contribution is 0.0696. The predicted octanol–water partition coefficient (Wildman–Crippen LogP) is 3.06. The van der Waals surface area contributed by atoms with Crippen LogP contribution in [0.5, 0.6) is 5.75 Å². The van der Waals surface area contributed by atoms with Gasteiger partial charge in [-0.05, 0) is 5.75 Å². The number of halogens is 2. The van der Waals surface area contributed by atoms with Gasteiger partial charge in [0.2, 0.25) is 5.43 Å². The Balaban J connectivity index is 2.96. The fourth-order valence-corrected chi connectivity index (χ4v) is 3.44. The molecule has 0 aliphatic rings. The number of thioether (sulfide) groups is 1. The van der Waals surface area contributed by atoms with Crippen LogP contribution >= 0.6 is 23.1 Å². The quantitative estimate of drug-likeness (QED) is 0.851. The van der Waals surface area contributed by atoms with Crippen molar-refractivity contribution >= 4 is 39.2 Å². The Morgan fingerprint density at radius 1 is 1.40 bits per heavy atom. The van der Waals surface area contributed by atoms with Crippen LogP contribution in [0, 0.1) is 11.6 Å². The zero-order chi connectivity index (χ0) is 15.0. The lowest BCUT2D eigenvalue weighted by Crippen LogP contribution is -2.14. The number of carboxylic acids is 1. The topological polar surface area (TPSA) is 74.6 Å². The molecule has 0 unspecified atom stereocenters. The highest BCUT2D eigenvalue weighted by atomic mass is 32.2. The summed E-state index contributed by atoms with van der Waals surface area (Å²) in [6.07, 6.45) is 0. The molecule has 2 N–H and O–H groups in total. The summed E-state index contributed by atoms with van der Waals surface area (Å²) in [7, 11) is 0. The van der Waals surface area contributed by atoms with Crippen LogP contribution in [0.15, 0.2) is 15.1 Å². The Hall–Kier alpha value is -1.67. The highest BCUT2D eigenvalue weighted by Gasteiger charge is 2.24. The molecule has 1 heterocycles. The van der Waals surface area contributed by atoms with Gasteiger partial charge < -0.3 is 10.2 Å². The second-order valence-electron chi connectivity index (χ2n) is 3.73. The molecule has 0 amide bonds. The maximum Gasteiger partial charge on any atom is 0.340 e. The third kappa shape index (κ3) is 2.14. The molecule has 0 atom stereocenters. The van der Waals surface area contributed by atoms with Crippen LogP contribution in [0.2, 0.25) is 0 Å². The lowest BCUT2D eigenvalue weighted by atomic mass is 10.1. The number of rotatable bonds is 3. The van der Waals surface area contributed by atoms with E-state index in [4.69, 9.17) is 5.11 Å². The van der Waals surface area contributed by atoms with Crippen molar-refractivity contribution in [3.8, 4) is 5.75 Å². The highest BCUT2D eigenvalue weighted by Crippen LogP contribution is 2.38. The Labute approximate surface area is 119 Å². The number of hydrogen-bond acceptors (Lipinski definition) is 5. The molecule has 0 bridgehead atoms. The number of aromatic hydroxyl groups is 1. The first-order chi connectivity index (χ1) is 9.40.